The molecule has 1 aromatic carbocycles. The lowest BCUT2D eigenvalue weighted by Crippen LogP contribution is -2.12. The van der Waals surface area contributed by atoms with Crippen molar-refractivity contribution >= 4 is 11.6 Å². The molecule has 1 unspecified atom stereocenters. The Morgan fingerprint density at radius 2 is 2.12 bits per heavy atom. The molecule has 0 fully saturated rings. The average molecular weight is 231 g/mol. The molecule has 0 radical (unpaired) electrons. The van der Waals surface area contributed by atoms with Gasteiger partial charge in [-0.05, 0) is 19.1 Å². The maximum Gasteiger partial charge on any atom is 0.207 e. The first-order chi connectivity index (χ1) is 8.31. The van der Waals surface area contributed by atoms with Crippen LogP contribution in [0, 0.1) is 0 Å². The highest BCUT2D eigenvalue weighted by Gasteiger charge is 2.09. The Bertz CT molecular complexity index is 453. The first-order valence-corrected chi connectivity index (χ1v) is 5.65. The fourth-order valence-corrected chi connectivity index (χ4v) is 1.74. The van der Waals surface area contributed by atoms with Crippen LogP contribution in [-0.4, -0.2) is 23.3 Å². The normalized spacial score (nSPS) is 12.4. The highest BCUT2D eigenvalue weighted by molar-refractivity contribution is 5.53. The molecule has 17 heavy (non-hydrogen) atoms. The van der Waals surface area contributed by atoms with Crippen molar-refractivity contribution in [2.75, 3.05) is 19.0 Å². The number of hydrogen-bond donors (Lipinski definition) is 1. The second-order valence-electron chi connectivity index (χ2n) is 3.95. The number of imidazole rings is 1. The standard InChI is InChI=1S/C13H17N3O/c1-11(10-17-2)16-9-8-14-13(16)15-12-6-4-3-5-7-12/h3-9,11H,10H2,1-2H3,(H,14,15). The molecular formula is C13H17N3O. The van der Waals surface area contributed by atoms with Gasteiger partial charge in [0.2, 0.25) is 5.95 Å². The van der Waals surface area contributed by atoms with Crippen molar-refractivity contribution < 1.29 is 4.74 Å². The summed E-state index contributed by atoms with van der Waals surface area (Å²) in [6.45, 7) is 2.77. The van der Waals surface area contributed by atoms with Crippen LogP contribution in [0.5, 0.6) is 0 Å². The van der Waals surface area contributed by atoms with Crippen LogP contribution in [0.2, 0.25) is 0 Å². The van der Waals surface area contributed by atoms with E-state index >= 15 is 0 Å². The van der Waals surface area contributed by atoms with Crippen LogP contribution in [0.25, 0.3) is 0 Å². The number of anilines is 2. The molecule has 0 bridgehead atoms. The lowest BCUT2D eigenvalue weighted by molar-refractivity contribution is 0.163. The second kappa shape index (κ2) is 5.50. The molecule has 2 aromatic rings. The van der Waals surface area contributed by atoms with Gasteiger partial charge in [0.25, 0.3) is 0 Å². The first-order valence-electron chi connectivity index (χ1n) is 5.65. The predicted molar refractivity (Wildman–Crippen MR) is 68.5 cm³/mol. The zero-order valence-electron chi connectivity index (χ0n) is 10.1. The highest BCUT2D eigenvalue weighted by Crippen LogP contribution is 2.18. The molecule has 0 aliphatic carbocycles. The third-order valence-corrected chi connectivity index (χ3v) is 2.58. The number of nitrogens with zero attached hydrogens (tertiary/aromatic N) is 2. The number of benzene rings is 1. The quantitative estimate of drug-likeness (QED) is 0.860. The summed E-state index contributed by atoms with van der Waals surface area (Å²) >= 11 is 0. The molecule has 0 saturated carbocycles. The van der Waals surface area contributed by atoms with Crippen LogP contribution in [0.3, 0.4) is 0 Å². The van der Waals surface area contributed by atoms with E-state index in [0.717, 1.165) is 11.6 Å². The molecule has 0 spiro atoms. The van der Waals surface area contributed by atoms with Gasteiger partial charge in [-0.3, -0.25) is 0 Å². The number of aromatic nitrogens is 2. The summed E-state index contributed by atoms with van der Waals surface area (Å²) in [5.41, 5.74) is 1.03. The van der Waals surface area contributed by atoms with E-state index in [2.05, 4.69) is 21.8 Å². The molecule has 0 amide bonds. The molecule has 1 atom stereocenters. The summed E-state index contributed by atoms with van der Waals surface area (Å²) in [6, 6.07) is 10.3. The van der Waals surface area contributed by atoms with Gasteiger partial charge in [0, 0.05) is 25.2 Å². The summed E-state index contributed by atoms with van der Waals surface area (Å²) in [4.78, 5) is 4.31. The van der Waals surface area contributed by atoms with E-state index in [1.54, 1.807) is 13.3 Å². The predicted octanol–water partition coefficient (Wildman–Crippen LogP) is 2.83. The van der Waals surface area contributed by atoms with Crippen LogP contribution >= 0.6 is 0 Å². The van der Waals surface area contributed by atoms with E-state index in [1.165, 1.54) is 0 Å². The number of nitrogens with one attached hydrogen (secondary N) is 1. The highest BCUT2D eigenvalue weighted by atomic mass is 16.5. The van der Waals surface area contributed by atoms with Gasteiger partial charge in [0.05, 0.1) is 12.6 Å². The van der Waals surface area contributed by atoms with E-state index in [1.807, 2.05) is 36.5 Å². The molecule has 4 heteroatoms. The van der Waals surface area contributed by atoms with E-state index in [4.69, 9.17) is 4.74 Å². The fourth-order valence-electron chi connectivity index (χ4n) is 1.74. The molecule has 2 rings (SSSR count). The molecule has 0 saturated heterocycles. The molecular weight excluding hydrogens is 214 g/mol. The lowest BCUT2D eigenvalue weighted by atomic mass is 10.3. The van der Waals surface area contributed by atoms with E-state index < -0.39 is 0 Å². The minimum atomic E-state index is 0.258. The second-order valence-corrected chi connectivity index (χ2v) is 3.95. The maximum absolute atomic E-state index is 5.16. The molecule has 4 nitrogen and oxygen atoms in total. The SMILES string of the molecule is COCC(C)n1ccnc1Nc1ccccc1. The van der Waals surface area contributed by atoms with E-state index in [9.17, 15) is 0 Å². The van der Waals surface area contributed by atoms with Gasteiger partial charge in [-0.15, -0.1) is 0 Å². The number of methoxy groups -OCH3 is 1. The monoisotopic (exact) mass is 231 g/mol. The molecule has 90 valence electrons. The van der Waals surface area contributed by atoms with Gasteiger partial charge in [-0.1, -0.05) is 18.2 Å². The maximum atomic E-state index is 5.16. The fraction of sp³-hybridized carbons (Fsp3) is 0.308. The van der Waals surface area contributed by atoms with Crippen molar-refractivity contribution in [3.8, 4) is 0 Å². The topological polar surface area (TPSA) is 39.1 Å². The zero-order chi connectivity index (χ0) is 12.1. The summed E-state index contributed by atoms with van der Waals surface area (Å²) in [5.74, 6) is 0.834. The van der Waals surface area contributed by atoms with Gasteiger partial charge >= 0.3 is 0 Å². The van der Waals surface area contributed by atoms with Crippen LogP contribution in [0.4, 0.5) is 11.6 Å². The van der Waals surface area contributed by atoms with Crippen molar-refractivity contribution in [1.29, 1.82) is 0 Å². The zero-order valence-corrected chi connectivity index (χ0v) is 10.1. The number of rotatable bonds is 5. The molecule has 0 aliphatic heterocycles. The van der Waals surface area contributed by atoms with E-state index in [0.29, 0.717) is 6.61 Å². The minimum Gasteiger partial charge on any atom is -0.383 e. The summed E-state index contributed by atoms with van der Waals surface area (Å²) < 4.78 is 7.22. The Hall–Kier alpha value is -1.81. The van der Waals surface area contributed by atoms with Crippen LogP contribution in [-0.2, 0) is 4.74 Å². The van der Waals surface area contributed by atoms with Crippen molar-refractivity contribution in [2.45, 2.75) is 13.0 Å². The van der Waals surface area contributed by atoms with Crippen molar-refractivity contribution in [2.24, 2.45) is 0 Å². The molecule has 1 N–H and O–H groups in total. The van der Waals surface area contributed by atoms with Crippen LogP contribution in [0.1, 0.15) is 13.0 Å². The molecule has 0 aliphatic rings. The van der Waals surface area contributed by atoms with Gasteiger partial charge in [-0.2, -0.15) is 0 Å². The van der Waals surface area contributed by atoms with Gasteiger partial charge < -0.3 is 14.6 Å². The molecule has 1 heterocycles. The Labute approximate surface area is 101 Å². The van der Waals surface area contributed by atoms with Crippen LogP contribution < -0.4 is 5.32 Å². The van der Waals surface area contributed by atoms with Crippen molar-refractivity contribution in [3.63, 3.8) is 0 Å². The summed E-state index contributed by atoms with van der Waals surface area (Å²) in [6.07, 6.45) is 3.74. The lowest BCUT2D eigenvalue weighted by Gasteiger charge is -2.16. The Balaban J connectivity index is 2.14. The van der Waals surface area contributed by atoms with E-state index in [-0.39, 0.29) is 6.04 Å². The summed E-state index contributed by atoms with van der Waals surface area (Å²) in [5, 5.41) is 3.29. The number of para-hydroxylation sites is 1. The van der Waals surface area contributed by atoms with Crippen molar-refractivity contribution in [3.05, 3.63) is 42.7 Å². The van der Waals surface area contributed by atoms with Gasteiger partial charge in [0.15, 0.2) is 0 Å². The molecule has 1 aromatic heterocycles. The number of hydrogen-bond acceptors (Lipinski definition) is 3. The average Bonchev–Trinajstić information content (AvgIpc) is 2.79. The third-order valence-electron chi connectivity index (χ3n) is 2.58. The Morgan fingerprint density at radius 1 is 1.35 bits per heavy atom. The largest absolute Gasteiger partial charge is 0.383 e. The third kappa shape index (κ3) is 2.85. The Kier molecular flexibility index (Phi) is 3.77. The number of ether oxygens (including phenoxy) is 1. The van der Waals surface area contributed by atoms with Gasteiger partial charge in [-0.25, -0.2) is 4.98 Å². The smallest absolute Gasteiger partial charge is 0.207 e. The van der Waals surface area contributed by atoms with Gasteiger partial charge in [0.1, 0.15) is 0 Å². The van der Waals surface area contributed by atoms with Crippen LogP contribution in [0.15, 0.2) is 42.7 Å². The summed E-state index contributed by atoms with van der Waals surface area (Å²) in [7, 11) is 1.71. The Morgan fingerprint density at radius 3 is 2.82 bits per heavy atom. The first kappa shape index (κ1) is 11.7. The minimum absolute atomic E-state index is 0.258. The van der Waals surface area contributed by atoms with Crippen molar-refractivity contribution in [1.82, 2.24) is 9.55 Å².